The highest BCUT2D eigenvalue weighted by Crippen LogP contribution is 2.27. The summed E-state index contributed by atoms with van der Waals surface area (Å²) in [5, 5.41) is 30.1. The highest BCUT2D eigenvalue weighted by Gasteiger charge is 2.12. The minimum Gasteiger partial charge on any atom is -0.504 e. The van der Waals surface area contributed by atoms with Gasteiger partial charge in [0.25, 0.3) is 0 Å². The summed E-state index contributed by atoms with van der Waals surface area (Å²) in [5.41, 5.74) is 0.613. The Morgan fingerprint density at radius 1 is 1.20 bits per heavy atom. The van der Waals surface area contributed by atoms with E-state index in [2.05, 4.69) is 0 Å². The number of aromatic hydroxyl groups is 2. The Kier molecular flexibility index (Phi) is 3.94. The van der Waals surface area contributed by atoms with Crippen LogP contribution < -0.4 is 5.32 Å². The van der Waals surface area contributed by atoms with Crippen molar-refractivity contribution in [3.05, 3.63) is 23.8 Å². The summed E-state index contributed by atoms with van der Waals surface area (Å²) >= 11 is 0. The van der Waals surface area contributed by atoms with Gasteiger partial charge in [-0.1, -0.05) is 6.07 Å². The van der Waals surface area contributed by atoms with Gasteiger partial charge in [0, 0.05) is 0 Å². The Balaban J connectivity index is 2.65. The van der Waals surface area contributed by atoms with Crippen LogP contribution in [0.4, 0.5) is 0 Å². The lowest BCUT2D eigenvalue weighted by Crippen LogP contribution is -2.89. The molecule has 0 spiro atoms. The highest BCUT2D eigenvalue weighted by molar-refractivity contribution is 5.41. The maximum atomic E-state index is 9.76. The van der Waals surface area contributed by atoms with E-state index in [9.17, 15) is 10.2 Å². The molecular formula is C11H18NO3+. The molecule has 0 unspecified atom stereocenters. The number of aliphatic hydroxyl groups excluding tert-OH is 1. The largest absolute Gasteiger partial charge is 0.504 e. The third-order valence-corrected chi connectivity index (χ3v) is 2.21. The molecule has 0 aromatic heterocycles. The van der Waals surface area contributed by atoms with Crippen LogP contribution in [0.3, 0.4) is 0 Å². The molecule has 0 saturated heterocycles. The van der Waals surface area contributed by atoms with Gasteiger partial charge in [-0.15, -0.1) is 0 Å². The van der Waals surface area contributed by atoms with Crippen molar-refractivity contribution in [2.24, 2.45) is 0 Å². The summed E-state index contributed by atoms with van der Waals surface area (Å²) < 4.78 is 0. The molecule has 4 nitrogen and oxygen atoms in total. The van der Waals surface area contributed by atoms with Crippen molar-refractivity contribution >= 4 is 0 Å². The van der Waals surface area contributed by atoms with Crippen LogP contribution in [-0.2, 0) is 0 Å². The van der Waals surface area contributed by atoms with E-state index in [1.54, 1.807) is 6.07 Å². The highest BCUT2D eigenvalue weighted by atomic mass is 16.3. The van der Waals surface area contributed by atoms with Crippen LogP contribution in [0, 0.1) is 0 Å². The SMILES string of the molecule is CC(C)[NH2+]C[C@@H](O)c1ccc(O)c(O)c1. The zero-order valence-electron chi connectivity index (χ0n) is 9.01. The monoisotopic (exact) mass is 212 g/mol. The van der Waals surface area contributed by atoms with Gasteiger partial charge in [-0.2, -0.15) is 0 Å². The molecule has 0 aliphatic heterocycles. The van der Waals surface area contributed by atoms with Gasteiger partial charge in [0.1, 0.15) is 12.6 Å². The number of phenolic OH excluding ortho intramolecular Hbond substituents is 2. The maximum absolute atomic E-state index is 9.76. The number of hydrogen-bond donors (Lipinski definition) is 4. The molecule has 15 heavy (non-hydrogen) atoms. The van der Waals surface area contributed by atoms with Gasteiger partial charge in [0.05, 0.1) is 6.04 Å². The Hall–Kier alpha value is -1.26. The summed E-state index contributed by atoms with van der Waals surface area (Å²) in [5.74, 6) is -0.366. The van der Waals surface area contributed by atoms with Crippen LogP contribution in [0.2, 0.25) is 0 Å². The molecule has 1 aromatic carbocycles. The van der Waals surface area contributed by atoms with Gasteiger partial charge < -0.3 is 20.6 Å². The topological polar surface area (TPSA) is 77.3 Å². The van der Waals surface area contributed by atoms with E-state index in [-0.39, 0.29) is 11.5 Å². The Labute approximate surface area is 89.2 Å². The van der Waals surface area contributed by atoms with Crippen molar-refractivity contribution in [3.63, 3.8) is 0 Å². The molecule has 84 valence electrons. The van der Waals surface area contributed by atoms with Crippen molar-refractivity contribution in [3.8, 4) is 11.5 Å². The summed E-state index contributed by atoms with van der Waals surface area (Å²) in [6.07, 6.45) is -0.626. The number of aliphatic hydroxyl groups is 1. The summed E-state index contributed by atoms with van der Waals surface area (Å²) in [4.78, 5) is 0. The fourth-order valence-electron chi connectivity index (χ4n) is 1.28. The number of nitrogens with two attached hydrogens (primary N) is 1. The van der Waals surface area contributed by atoms with Gasteiger partial charge in [0.2, 0.25) is 0 Å². The van der Waals surface area contributed by atoms with Gasteiger partial charge in [-0.25, -0.2) is 0 Å². The molecule has 1 aromatic rings. The predicted octanol–water partition coefficient (Wildman–Crippen LogP) is 0.103. The molecule has 0 radical (unpaired) electrons. The smallest absolute Gasteiger partial charge is 0.157 e. The van der Waals surface area contributed by atoms with Gasteiger partial charge in [0.15, 0.2) is 11.5 Å². The third kappa shape index (κ3) is 3.42. The van der Waals surface area contributed by atoms with E-state index >= 15 is 0 Å². The van der Waals surface area contributed by atoms with E-state index < -0.39 is 6.10 Å². The minimum absolute atomic E-state index is 0.168. The lowest BCUT2D eigenvalue weighted by molar-refractivity contribution is -0.689. The van der Waals surface area contributed by atoms with Crippen LogP contribution in [0.15, 0.2) is 18.2 Å². The first-order valence-corrected chi connectivity index (χ1v) is 5.04. The standard InChI is InChI=1S/C11H17NO3/c1-7(2)12-6-11(15)8-3-4-9(13)10(14)5-8/h3-5,7,11-15H,6H2,1-2H3/p+1/t11-/m1/s1. The zero-order valence-corrected chi connectivity index (χ0v) is 9.01. The van der Waals surface area contributed by atoms with Crippen molar-refractivity contribution in [1.82, 2.24) is 0 Å². The van der Waals surface area contributed by atoms with Crippen molar-refractivity contribution < 1.29 is 20.6 Å². The second kappa shape index (κ2) is 5.00. The Morgan fingerprint density at radius 3 is 2.40 bits per heavy atom. The molecule has 1 atom stereocenters. The molecule has 0 aliphatic carbocycles. The Morgan fingerprint density at radius 2 is 1.87 bits per heavy atom. The average Bonchev–Trinajstić information content (AvgIpc) is 2.18. The normalized spacial score (nSPS) is 13.1. The molecule has 0 heterocycles. The number of benzene rings is 1. The molecule has 0 saturated carbocycles. The Bertz CT molecular complexity index is 326. The van der Waals surface area contributed by atoms with E-state index in [1.807, 2.05) is 19.2 Å². The summed E-state index contributed by atoms with van der Waals surface area (Å²) in [7, 11) is 0. The zero-order chi connectivity index (χ0) is 11.4. The fourth-order valence-corrected chi connectivity index (χ4v) is 1.28. The van der Waals surface area contributed by atoms with Crippen LogP contribution in [0.25, 0.3) is 0 Å². The lowest BCUT2D eigenvalue weighted by atomic mass is 10.1. The minimum atomic E-state index is -0.626. The quantitative estimate of drug-likeness (QED) is 0.535. The van der Waals surface area contributed by atoms with E-state index in [0.29, 0.717) is 18.2 Å². The third-order valence-electron chi connectivity index (χ3n) is 2.21. The molecule has 0 fully saturated rings. The van der Waals surface area contributed by atoms with E-state index in [0.717, 1.165) is 0 Å². The maximum Gasteiger partial charge on any atom is 0.157 e. The van der Waals surface area contributed by atoms with Crippen molar-refractivity contribution in [1.29, 1.82) is 0 Å². The second-order valence-corrected chi connectivity index (χ2v) is 3.98. The first-order valence-electron chi connectivity index (χ1n) is 5.04. The van der Waals surface area contributed by atoms with Gasteiger partial charge in [-0.3, -0.25) is 0 Å². The van der Waals surface area contributed by atoms with Crippen LogP contribution in [0.1, 0.15) is 25.5 Å². The first-order chi connectivity index (χ1) is 7.00. The van der Waals surface area contributed by atoms with Gasteiger partial charge in [-0.05, 0) is 31.5 Å². The first kappa shape index (κ1) is 11.8. The lowest BCUT2D eigenvalue weighted by Gasteiger charge is -2.12. The van der Waals surface area contributed by atoms with Crippen LogP contribution in [-0.4, -0.2) is 27.9 Å². The van der Waals surface area contributed by atoms with Crippen LogP contribution in [0.5, 0.6) is 11.5 Å². The number of quaternary nitrogens is 1. The fraction of sp³-hybridized carbons (Fsp3) is 0.455. The predicted molar refractivity (Wildman–Crippen MR) is 56.7 cm³/mol. The van der Waals surface area contributed by atoms with Crippen molar-refractivity contribution in [2.45, 2.75) is 26.0 Å². The average molecular weight is 212 g/mol. The molecular weight excluding hydrogens is 194 g/mol. The molecule has 5 N–H and O–H groups in total. The number of hydrogen-bond acceptors (Lipinski definition) is 3. The van der Waals surface area contributed by atoms with Gasteiger partial charge >= 0.3 is 0 Å². The molecule has 1 rings (SSSR count). The van der Waals surface area contributed by atoms with Crippen molar-refractivity contribution in [2.75, 3.05) is 6.54 Å². The second-order valence-electron chi connectivity index (χ2n) is 3.98. The van der Waals surface area contributed by atoms with E-state index in [4.69, 9.17) is 5.11 Å². The number of rotatable bonds is 4. The molecule has 0 aliphatic rings. The van der Waals surface area contributed by atoms with E-state index in [1.165, 1.54) is 12.1 Å². The summed E-state index contributed by atoms with van der Waals surface area (Å²) in [6.45, 7) is 4.63. The number of phenols is 2. The summed E-state index contributed by atoms with van der Waals surface area (Å²) in [6, 6.07) is 4.79. The van der Waals surface area contributed by atoms with Crippen LogP contribution >= 0.6 is 0 Å². The molecule has 4 heteroatoms. The molecule has 0 amide bonds. The molecule has 0 bridgehead atoms.